The summed E-state index contributed by atoms with van der Waals surface area (Å²) in [7, 11) is 2.10. The molecule has 3 N–H and O–H groups in total. The van der Waals surface area contributed by atoms with Gasteiger partial charge >= 0.3 is 0 Å². The molecule has 230 valence electrons. The molecular formula is C34H44N4O5. The Labute approximate surface area is 254 Å². The van der Waals surface area contributed by atoms with Crippen molar-refractivity contribution in [2.45, 2.75) is 70.6 Å². The van der Waals surface area contributed by atoms with E-state index in [0.29, 0.717) is 19.4 Å². The highest BCUT2D eigenvalue weighted by Crippen LogP contribution is 2.38. The SMILES string of the molecule is CC(=O)NCCCCCC(=O)Nc1ccc([C@H]2O[C@@H](CN(C)CCc3ccccn3)C[C@@H](c3ccc(CO)cc3)O2)cc1. The molecule has 1 fully saturated rings. The molecule has 0 aliphatic carbocycles. The molecule has 9 nitrogen and oxygen atoms in total. The fourth-order valence-electron chi connectivity index (χ4n) is 5.12. The van der Waals surface area contributed by atoms with E-state index in [2.05, 4.69) is 27.6 Å². The third kappa shape index (κ3) is 10.9. The van der Waals surface area contributed by atoms with Crippen molar-refractivity contribution in [1.82, 2.24) is 15.2 Å². The second-order valence-electron chi connectivity index (χ2n) is 11.1. The lowest BCUT2D eigenvalue weighted by Gasteiger charge is -2.38. The van der Waals surface area contributed by atoms with Crippen LogP contribution in [0, 0.1) is 0 Å². The van der Waals surface area contributed by atoms with Crippen molar-refractivity contribution >= 4 is 17.5 Å². The number of rotatable bonds is 15. The summed E-state index contributed by atoms with van der Waals surface area (Å²) in [4.78, 5) is 30.1. The van der Waals surface area contributed by atoms with Crippen LogP contribution in [0.1, 0.15) is 73.8 Å². The van der Waals surface area contributed by atoms with Gasteiger partial charge in [0.25, 0.3) is 0 Å². The van der Waals surface area contributed by atoms with Crippen molar-refractivity contribution in [2.24, 2.45) is 0 Å². The van der Waals surface area contributed by atoms with E-state index in [1.807, 2.05) is 72.9 Å². The summed E-state index contributed by atoms with van der Waals surface area (Å²) in [6, 6.07) is 21.5. The molecule has 1 saturated heterocycles. The van der Waals surface area contributed by atoms with Gasteiger partial charge in [0, 0.05) is 69.0 Å². The first kappa shape index (κ1) is 32.3. The Hall–Kier alpha value is -3.63. The Morgan fingerprint density at radius 1 is 0.977 bits per heavy atom. The van der Waals surface area contributed by atoms with E-state index in [4.69, 9.17) is 9.47 Å². The first-order chi connectivity index (χ1) is 20.9. The molecule has 0 unspecified atom stereocenters. The van der Waals surface area contributed by atoms with Gasteiger partial charge in [0.1, 0.15) is 0 Å². The number of carbonyl (C=O) groups is 2. The highest BCUT2D eigenvalue weighted by Gasteiger charge is 2.32. The number of anilines is 1. The van der Waals surface area contributed by atoms with Crippen LogP contribution in [0.3, 0.4) is 0 Å². The molecule has 2 aromatic carbocycles. The molecule has 43 heavy (non-hydrogen) atoms. The summed E-state index contributed by atoms with van der Waals surface area (Å²) >= 11 is 0. The van der Waals surface area contributed by atoms with Gasteiger partial charge in [0.2, 0.25) is 11.8 Å². The first-order valence-electron chi connectivity index (χ1n) is 15.1. The predicted molar refractivity (Wildman–Crippen MR) is 166 cm³/mol. The molecule has 0 radical (unpaired) electrons. The summed E-state index contributed by atoms with van der Waals surface area (Å²) in [5.74, 6) is -0.0606. The monoisotopic (exact) mass is 588 g/mol. The first-order valence-corrected chi connectivity index (χ1v) is 15.1. The third-order valence-electron chi connectivity index (χ3n) is 7.53. The van der Waals surface area contributed by atoms with Gasteiger partial charge in [-0.1, -0.05) is 48.9 Å². The Bertz CT molecular complexity index is 1270. The molecule has 1 aliphatic rings. The fourth-order valence-corrected chi connectivity index (χ4v) is 5.12. The summed E-state index contributed by atoms with van der Waals surface area (Å²) in [6.45, 7) is 3.76. The van der Waals surface area contributed by atoms with E-state index in [1.54, 1.807) is 0 Å². The molecule has 2 amide bonds. The number of ether oxygens (including phenoxy) is 2. The maximum Gasteiger partial charge on any atom is 0.224 e. The number of likely N-dealkylation sites (N-methyl/N-ethyl adjacent to an activating group) is 1. The van der Waals surface area contributed by atoms with Gasteiger partial charge in [-0.05, 0) is 55.3 Å². The van der Waals surface area contributed by atoms with Gasteiger partial charge in [-0.2, -0.15) is 0 Å². The maximum absolute atomic E-state index is 12.4. The maximum atomic E-state index is 12.4. The van der Waals surface area contributed by atoms with Crippen molar-refractivity contribution < 1.29 is 24.2 Å². The van der Waals surface area contributed by atoms with Crippen LogP contribution in [0.5, 0.6) is 0 Å². The number of carbonyl (C=O) groups excluding carboxylic acids is 2. The normalized spacial score (nSPS) is 18.4. The highest BCUT2D eigenvalue weighted by molar-refractivity contribution is 5.90. The Morgan fingerprint density at radius 2 is 1.74 bits per heavy atom. The number of aliphatic hydroxyl groups is 1. The minimum absolute atomic E-state index is 0.00270. The lowest BCUT2D eigenvalue weighted by molar-refractivity contribution is -0.252. The molecule has 0 bridgehead atoms. The number of aliphatic hydroxyl groups excluding tert-OH is 1. The summed E-state index contributed by atoms with van der Waals surface area (Å²) in [5, 5.41) is 15.2. The molecule has 4 rings (SSSR count). The standard InChI is InChI=1S/C34H44N4O5/c1-25(40)35-19-6-3-4-9-33(41)37-30-16-14-28(15-17-30)34-42-31(23-38(2)21-18-29-8-5-7-20-36-29)22-32(43-34)27-12-10-26(24-39)11-13-27/h5,7-8,10-17,20,31-32,34,39H,3-4,6,9,18-19,21-24H2,1-2H3,(H,35,40)(H,37,41)/t31-,32+,34+/m1/s1. The van der Waals surface area contributed by atoms with Crippen molar-refractivity contribution in [3.05, 3.63) is 95.3 Å². The van der Waals surface area contributed by atoms with Gasteiger partial charge in [-0.3, -0.25) is 14.6 Å². The van der Waals surface area contributed by atoms with Gasteiger partial charge in [0.15, 0.2) is 6.29 Å². The van der Waals surface area contributed by atoms with Crippen molar-refractivity contribution in [3.8, 4) is 0 Å². The molecule has 0 spiro atoms. The van der Waals surface area contributed by atoms with Crippen LogP contribution in [0.25, 0.3) is 0 Å². The molecule has 1 aliphatic heterocycles. The average molecular weight is 589 g/mol. The molecule has 3 aromatic rings. The zero-order valence-electron chi connectivity index (χ0n) is 25.2. The van der Waals surface area contributed by atoms with Crippen LogP contribution >= 0.6 is 0 Å². The number of nitrogens with zero attached hydrogens (tertiary/aromatic N) is 2. The zero-order valence-corrected chi connectivity index (χ0v) is 25.2. The molecular weight excluding hydrogens is 544 g/mol. The Balaban J connectivity index is 1.35. The quantitative estimate of drug-likeness (QED) is 0.216. The number of benzene rings is 2. The molecule has 3 atom stereocenters. The van der Waals surface area contributed by atoms with Gasteiger partial charge in [0.05, 0.1) is 18.8 Å². The largest absolute Gasteiger partial charge is 0.392 e. The van der Waals surface area contributed by atoms with Crippen LogP contribution < -0.4 is 10.6 Å². The lowest BCUT2D eigenvalue weighted by Crippen LogP contribution is -2.38. The molecule has 2 heterocycles. The van der Waals surface area contributed by atoms with Crippen LogP contribution in [-0.4, -0.2) is 59.6 Å². The van der Waals surface area contributed by atoms with Crippen LogP contribution in [0.4, 0.5) is 5.69 Å². The van der Waals surface area contributed by atoms with Crippen molar-refractivity contribution in [1.29, 1.82) is 0 Å². The highest BCUT2D eigenvalue weighted by atomic mass is 16.7. The number of unbranched alkanes of at least 4 members (excludes halogenated alkanes) is 2. The zero-order chi connectivity index (χ0) is 30.4. The van der Waals surface area contributed by atoms with E-state index in [1.165, 1.54) is 6.92 Å². The van der Waals surface area contributed by atoms with Crippen molar-refractivity contribution in [3.63, 3.8) is 0 Å². The van der Waals surface area contributed by atoms with E-state index >= 15 is 0 Å². The third-order valence-corrected chi connectivity index (χ3v) is 7.53. The van der Waals surface area contributed by atoms with E-state index < -0.39 is 6.29 Å². The number of aromatic nitrogens is 1. The minimum atomic E-state index is -0.557. The summed E-state index contributed by atoms with van der Waals surface area (Å²) < 4.78 is 12.9. The van der Waals surface area contributed by atoms with E-state index in [9.17, 15) is 14.7 Å². The van der Waals surface area contributed by atoms with Gasteiger partial charge in [-0.15, -0.1) is 0 Å². The lowest BCUT2D eigenvalue weighted by atomic mass is 9.99. The minimum Gasteiger partial charge on any atom is -0.392 e. The van der Waals surface area contributed by atoms with Gasteiger partial charge < -0.3 is 30.1 Å². The number of pyridine rings is 1. The summed E-state index contributed by atoms with van der Waals surface area (Å²) in [5.41, 5.74) is 4.59. The number of hydrogen-bond acceptors (Lipinski definition) is 7. The number of amides is 2. The summed E-state index contributed by atoms with van der Waals surface area (Å²) in [6.07, 6.45) is 5.56. The Morgan fingerprint density at radius 3 is 2.44 bits per heavy atom. The number of hydrogen-bond donors (Lipinski definition) is 3. The second kappa shape index (κ2) is 16.9. The topological polar surface area (TPSA) is 113 Å². The smallest absolute Gasteiger partial charge is 0.224 e. The van der Waals surface area contributed by atoms with Crippen LogP contribution in [0.15, 0.2) is 72.9 Å². The van der Waals surface area contributed by atoms with Gasteiger partial charge in [-0.25, -0.2) is 0 Å². The number of nitrogens with one attached hydrogen (secondary N) is 2. The molecule has 9 heteroatoms. The van der Waals surface area contributed by atoms with Crippen molar-refractivity contribution in [2.75, 3.05) is 32.0 Å². The molecule has 0 saturated carbocycles. The van der Waals surface area contributed by atoms with E-state index in [-0.39, 0.29) is 30.6 Å². The van der Waals surface area contributed by atoms with E-state index in [0.717, 1.165) is 66.8 Å². The second-order valence-corrected chi connectivity index (χ2v) is 11.1. The van der Waals surface area contributed by atoms with Crippen LogP contribution in [-0.2, 0) is 32.1 Å². The molecule has 1 aromatic heterocycles. The average Bonchev–Trinajstić information content (AvgIpc) is 3.02. The fraction of sp³-hybridized carbons (Fsp3) is 0.441. The predicted octanol–water partition coefficient (Wildman–Crippen LogP) is 4.93. The Kier molecular flexibility index (Phi) is 12.7. The van der Waals surface area contributed by atoms with Crippen LogP contribution in [0.2, 0.25) is 0 Å².